The maximum atomic E-state index is 11.8. The Morgan fingerprint density at radius 1 is 1.32 bits per heavy atom. The predicted molar refractivity (Wildman–Crippen MR) is 78.8 cm³/mol. The standard InChI is InChI=1S/C12H12BrCl2NO3/c1-12(2,11(18)19)5-8(17)16-7-4-3-6(13)9(14)10(7)15/h3-4H,5H2,1-2H3,(H,16,17)(H,18,19). The van der Waals surface area contributed by atoms with Crippen LogP contribution in [0.3, 0.4) is 0 Å². The van der Waals surface area contributed by atoms with E-state index in [2.05, 4.69) is 21.2 Å². The van der Waals surface area contributed by atoms with Gasteiger partial charge in [-0.3, -0.25) is 9.59 Å². The topological polar surface area (TPSA) is 66.4 Å². The Morgan fingerprint density at radius 2 is 1.89 bits per heavy atom. The number of carbonyl (C=O) groups is 2. The molecule has 0 atom stereocenters. The Labute approximate surface area is 129 Å². The molecule has 0 spiro atoms. The van der Waals surface area contributed by atoms with Gasteiger partial charge in [-0.1, -0.05) is 23.2 Å². The average Bonchev–Trinajstić information content (AvgIpc) is 2.29. The zero-order valence-corrected chi connectivity index (χ0v) is 13.4. The van der Waals surface area contributed by atoms with Gasteiger partial charge in [-0.25, -0.2) is 0 Å². The number of hydrogen-bond acceptors (Lipinski definition) is 2. The van der Waals surface area contributed by atoms with Crippen molar-refractivity contribution in [2.75, 3.05) is 5.32 Å². The summed E-state index contributed by atoms with van der Waals surface area (Å²) in [5, 5.41) is 12.0. The van der Waals surface area contributed by atoms with Crippen molar-refractivity contribution in [3.8, 4) is 0 Å². The second-order valence-electron chi connectivity index (χ2n) is 4.64. The second-order valence-corrected chi connectivity index (χ2v) is 6.25. The van der Waals surface area contributed by atoms with E-state index in [1.807, 2.05) is 0 Å². The maximum Gasteiger partial charge on any atom is 0.309 e. The highest BCUT2D eigenvalue weighted by Crippen LogP contribution is 2.36. The Kier molecular flexibility index (Phi) is 5.24. The molecule has 0 saturated heterocycles. The van der Waals surface area contributed by atoms with Gasteiger partial charge in [-0.2, -0.15) is 0 Å². The number of aliphatic carboxylic acids is 1. The van der Waals surface area contributed by atoms with Gasteiger partial charge in [0.2, 0.25) is 5.91 Å². The number of carboxylic acids is 1. The van der Waals surface area contributed by atoms with Crippen LogP contribution >= 0.6 is 39.1 Å². The molecule has 0 fully saturated rings. The fourth-order valence-corrected chi connectivity index (χ4v) is 2.12. The lowest BCUT2D eigenvalue weighted by Gasteiger charge is -2.18. The van der Waals surface area contributed by atoms with Crippen LogP contribution in [-0.4, -0.2) is 17.0 Å². The molecule has 19 heavy (non-hydrogen) atoms. The van der Waals surface area contributed by atoms with Gasteiger partial charge >= 0.3 is 5.97 Å². The van der Waals surface area contributed by atoms with Crippen LogP contribution in [0.5, 0.6) is 0 Å². The first-order chi connectivity index (χ1) is 8.65. The van der Waals surface area contributed by atoms with Gasteiger partial charge in [-0.15, -0.1) is 0 Å². The summed E-state index contributed by atoms with van der Waals surface area (Å²) in [6.07, 6.45) is -0.160. The number of rotatable bonds is 4. The fraction of sp³-hybridized carbons (Fsp3) is 0.333. The van der Waals surface area contributed by atoms with Crippen LogP contribution in [0.25, 0.3) is 0 Å². The molecular weight excluding hydrogens is 357 g/mol. The Morgan fingerprint density at radius 3 is 2.42 bits per heavy atom. The van der Waals surface area contributed by atoms with Gasteiger partial charge < -0.3 is 10.4 Å². The largest absolute Gasteiger partial charge is 0.481 e. The average molecular weight is 369 g/mol. The van der Waals surface area contributed by atoms with E-state index < -0.39 is 17.3 Å². The molecular formula is C12H12BrCl2NO3. The predicted octanol–water partition coefficient (Wildman–Crippen LogP) is 4.20. The molecule has 0 bridgehead atoms. The van der Waals surface area contributed by atoms with Gasteiger partial charge in [0.15, 0.2) is 0 Å². The third kappa shape index (κ3) is 4.09. The zero-order chi connectivity index (χ0) is 14.8. The van der Waals surface area contributed by atoms with E-state index in [1.165, 1.54) is 13.8 Å². The van der Waals surface area contributed by atoms with Crippen molar-refractivity contribution in [1.29, 1.82) is 0 Å². The molecule has 2 N–H and O–H groups in total. The number of benzene rings is 1. The summed E-state index contributed by atoms with van der Waals surface area (Å²) < 4.78 is 0.614. The van der Waals surface area contributed by atoms with Crippen LogP contribution in [0.15, 0.2) is 16.6 Å². The van der Waals surface area contributed by atoms with Crippen molar-refractivity contribution in [2.24, 2.45) is 5.41 Å². The summed E-state index contributed by atoms with van der Waals surface area (Å²) in [4.78, 5) is 22.7. The summed E-state index contributed by atoms with van der Waals surface area (Å²) in [5.74, 6) is -1.48. The van der Waals surface area contributed by atoms with E-state index in [4.69, 9.17) is 28.3 Å². The van der Waals surface area contributed by atoms with Crippen molar-refractivity contribution in [3.05, 3.63) is 26.7 Å². The molecule has 1 amide bonds. The van der Waals surface area contributed by atoms with Crippen molar-refractivity contribution < 1.29 is 14.7 Å². The quantitative estimate of drug-likeness (QED) is 0.783. The minimum Gasteiger partial charge on any atom is -0.481 e. The highest BCUT2D eigenvalue weighted by molar-refractivity contribution is 9.10. The van der Waals surface area contributed by atoms with Crippen LogP contribution in [0.1, 0.15) is 20.3 Å². The summed E-state index contributed by atoms with van der Waals surface area (Å²) >= 11 is 15.1. The first-order valence-electron chi connectivity index (χ1n) is 5.32. The van der Waals surface area contributed by atoms with E-state index >= 15 is 0 Å². The van der Waals surface area contributed by atoms with E-state index in [0.717, 1.165) is 0 Å². The third-order valence-electron chi connectivity index (χ3n) is 2.49. The molecule has 1 aromatic rings. The van der Waals surface area contributed by atoms with Gasteiger partial charge in [0.25, 0.3) is 0 Å². The first-order valence-corrected chi connectivity index (χ1v) is 6.87. The molecule has 0 aliphatic carbocycles. The van der Waals surface area contributed by atoms with E-state index in [-0.39, 0.29) is 16.5 Å². The minimum atomic E-state index is -1.14. The molecule has 0 unspecified atom stereocenters. The molecule has 104 valence electrons. The highest BCUT2D eigenvalue weighted by atomic mass is 79.9. The Bertz CT molecular complexity index is 532. The van der Waals surface area contributed by atoms with Crippen LogP contribution in [0.2, 0.25) is 10.0 Å². The third-order valence-corrected chi connectivity index (χ3v) is 4.26. The molecule has 7 heteroatoms. The smallest absolute Gasteiger partial charge is 0.309 e. The molecule has 0 saturated carbocycles. The summed E-state index contributed by atoms with van der Waals surface area (Å²) in [6, 6.07) is 3.23. The number of carboxylic acid groups (broad SMARTS) is 1. The second kappa shape index (κ2) is 6.11. The van der Waals surface area contributed by atoms with E-state index in [9.17, 15) is 9.59 Å². The van der Waals surface area contributed by atoms with Crippen molar-refractivity contribution >= 4 is 56.7 Å². The molecule has 0 aromatic heterocycles. The Hall–Kier alpha value is -0.780. The lowest BCUT2D eigenvalue weighted by molar-refractivity contribution is -0.148. The summed E-state index contributed by atoms with van der Waals surface area (Å²) in [7, 11) is 0. The molecule has 0 radical (unpaired) electrons. The zero-order valence-electron chi connectivity index (χ0n) is 10.3. The molecule has 4 nitrogen and oxygen atoms in total. The van der Waals surface area contributed by atoms with Crippen molar-refractivity contribution in [3.63, 3.8) is 0 Å². The van der Waals surface area contributed by atoms with Crippen molar-refractivity contribution in [1.82, 2.24) is 0 Å². The van der Waals surface area contributed by atoms with Gasteiger partial charge in [0.05, 0.1) is 21.1 Å². The normalized spacial score (nSPS) is 11.2. The maximum absolute atomic E-state index is 11.8. The fourth-order valence-electron chi connectivity index (χ4n) is 1.29. The number of nitrogens with one attached hydrogen (secondary N) is 1. The molecule has 0 aliphatic heterocycles. The summed E-state index contributed by atoms with van der Waals surface area (Å²) in [6.45, 7) is 2.95. The monoisotopic (exact) mass is 367 g/mol. The van der Waals surface area contributed by atoms with E-state index in [1.54, 1.807) is 12.1 Å². The molecule has 0 aliphatic rings. The van der Waals surface area contributed by atoms with Gasteiger partial charge in [-0.05, 0) is 41.9 Å². The van der Waals surface area contributed by atoms with Gasteiger partial charge in [0.1, 0.15) is 0 Å². The number of amides is 1. The highest BCUT2D eigenvalue weighted by Gasteiger charge is 2.30. The lowest BCUT2D eigenvalue weighted by Crippen LogP contribution is -2.29. The van der Waals surface area contributed by atoms with E-state index in [0.29, 0.717) is 10.2 Å². The molecule has 0 heterocycles. The first kappa shape index (κ1) is 16.3. The molecule has 1 rings (SSSR count). The lowest BCUT2D eigenvalue weighted by atomic mass is 9.89. The van der Waals surface area contributed by atoms with Crippen molar-refractivity contribution in [2.45, 2.75) is 20.3 Å². The summed E-state index contributed by atoms with van der Waals surface area (Å²) in [5.41, 5.74) is -0.795. The van der Waals surface area contributed by atoms with Crippen LogP contribution in [-0.2, 0) is 9.59 Å². The minimum absolute atomic E-state index is 0.160. The van der Waals surface area contributed by atoms with Crippen LogP contribution < -0.4 is 5.32 Å². The molecule has 1 aromatic carbocycles. The SMILES string of the molecule is CC(C)(CC(=O)Nc1ccc(Br)c(Cl)c1Cl)C(=O)O. The number of carbonyl (C=O) groups excluding carboxylic acids is 1. The number of halogens is 3. The Balaban J connectivity index is 2.84. The number of hydrogen-bond donors (Lipinski definition) is 2. The van der Waals surface area contributed by atoms with Crippen LogP contribution in [0, 0.1) is 5.41 Å². The van der Waals surface area contributed by atoms with Crippen LogP contribution in [0.4, 0.5) is 5.69 Å². The number of anilines is 1. The van der Waals surface area contributed by atoms with Gasteiger partial charge in [0, 0.05) is 10.9 Å².